The van der Waals surface area contributed by atoms with Crippen LogP contribution in [0.2, 0.25) is 0 Å². The van der Waals surface area contributed by atoms with E-state index in [0.717, 1.165) is 25.7 Å². The van der Waals surface area contributed by atoms with Crippen LogP contribution >= 0.6 is 0 Å². The van der Waals surface area contributed by atoms with E-state index in [1.165, 1.54) is 86.5 Å². The summed E-state index contributed by atoms with van der Waals surface area (Å²) in [4.78, 5) is 46.6. The Morgan fingerprint density at radius 2 is 0.686 bits per heavy atom. The summed E-state index contributed by atoms with van der Waals surface area (Å²) in [6.45, 7) is 5.20. The van der Waals surface area contributed by atoms with Crippen molar-refractivity contribution in [2.75, 3.05) is 26.2 Å². The number of carbonyl (C=O) groups excluding carboxylic acids is 2. The number of aliphatic carboxylic acids is 2. The average Bonchev–Trinajstić information content (AvgIpc) is 4.13. The number of carboxylic acids is 2. The van der Waals surface area contributed by atoms with Crippen molar-refractivity contribution in [2.45, 2.75) is 150 Å². The van der Waals surface area contributed by atoms with Crippen molar-refractivity contribution in [3.05, 3.63) is 144 Å². The second kappa shape index (κ2) is 24.1. The monoisotopic (exact) mass is 1000 g/mol. The number of hydrogen-bond donors (Lipinski definition) is 4. The molecule has 6 atom stereocenters. The lowest BCUT2D eigenvalue weighted by atomic mass is 9.86. The van der Waals surface area contributed by atoms with Gasteiger partial charge in [-0.3, -0.25) is 9.59 Å². The molecule has 0 amide bonds. The molecule has 0 aliphatic carbocycles. The molecule has 4 bridgehead atoms. The van der Waals surface area contributed by atoms with Crippen molar-refractivity contribution in [1.29, 1.82) is 0 Å². The lowest BCUT2D eigenvalue weighted by molar-refractivity contribution is -0.956. The SMILES string of the molecule is O=C(O)CCCCC(=O)O.O=C(OC1C[C@H]2CC[C@@H](C1)[N+]21CCCC1)C(O)(c1ccccc1)c1ccccc1.O=C(OC1C[C@H]2CC[C@@H](C1)[N+]21CCCC1)C(O)(c1ccccc1)c1ccccc1.[Cl-].[Cl-]. The van der Waals surface area contributed by atoms with Crippen molar-refractivity contribution in [1.82, 2.24) is 0 Å². The Morgan fingerprint density at radius 3 is 0.914 bits per heavy atom. The molecule has 10 rings (SSSR count). The number of ether oxygens (including phenoxy) is 2. The second-order valence-corrected chi connectivity index (χ2v) is 20.2. The number of quaternary nitrogens is 2. The number of nitrogens with zero attached hydrogens (tertiary/aromatic N) is 2. The molecule has 6 fully saturated rings. The van der Waals surface area contributed by atoms with Crippen molar-refractivity contribution < 1.29 is 82.9 Å². The first-order chi connectivity index (χ1) is 32.9. The highest BCUT2D eigenvalue weighted by Crippen LogP contribution is 2.48. The zero-order valence-electron chi connectivity index (χ0n) is 40.0. The molecule has 4 aromatic carbocycles. The Morgan fingerprint density at radius 1 is 0.443 bits per heavy atom. The minimum Gasteiger partial charge on any atom is -1.00 e. The molecule has 6 aliphatic heterocycles. The third-order valence-electron chi connectivity index (χ3n) is 16.4. The van der Waals surface area contributed by atoms with E-state index in [4.69, 9.17) is 19.7 Å². The summed E-state index contributed by atoms with van der Waals surface area (Å²) < 4.78 is 14.6. The highest BCUT2D eigenvalue weighted by atomic mass is 35.5. The van der Waals surface area contributed by atoms with Gasteiger partial charge in [-0.25, -0.2) is 9.59 Å². The first-order valence-corrected chi connectivity index (χ1v) is 25.1. The Labute approximate surface area is 425 Å². The van der Waals surface area contributed by atoms with Gasteiger partial charge in [-0.2, -0.15) is 0 Å². The number of piperidine rings is 2. The fraction of sp³-hybridized carbons (Fsp3) is 0.500. The van der Waals surface area contributed by atoms with E-state index in [1.54, 1.807) is 48.5 Å². The fourth-order valence-corrected chi connectivity index (χ4v) is 13.2. The Bertz CT molecular complexity index is 2040. The molecule has 378 valence electrons. The van der Waals surface area contributed by atoms with E-state index in [1.807, 2.05) is 72.8 Å². The second-order valence-electron chi connectivity index (χ2n) is 20.2. The molecule has 6 heterocycles. The first kappa shape index (κ1) is 54.5. The number of halogens is 2. The van der Waals surface area contributed by atoms with Crippen LogP contribution < -0.4 is 24.8 Å². The van der Waals surface area contributed by atoms with Crippen molar-refractivity contribution in [3.63, 3.8) is 0 Å². The number of aliphatic hydroxyl groups is 2. The van der Waals surface area contributed by atoms with E-state index in [2.05, 4.69) is 0 Å². The number of rotatable bonds is 13. The summed E-state index contributed by atoms with van der Waals surface area (Å²) in [6.07, 6.45) is 14.9. The topological polar surface area (TPSA) is 168 Å². The summed E-state index contributed by atoms with van der Waals surface area (Å²) in [5.74, 6) is -2.83. The van der Waals surface area contributed by atoms with Gasteiger partial charge in [0.05, 0.1) is 50.3 Å². The standard InChI is InChI=1S/2C25H30NO3.C6H10O4.2ClH/c2*27-24(25(28,19-9-3-1-4-10-19)20-11-5-2-6-12-20)29-23-17-21-13-14-22(18-23)26(21)15-7-8-16-26;7-5(8)3-1-2-4-6(9)10;;/h2*1-6,9-12,21-23,28H,7-8,13-18H2;1-4H2,(H,7,8)(H,9,10);2*1H/q2*+1;;;/p-2/t2*21-,22+,23?;;;. The van der Waals surface area contributed by atoms with E-state index < -0.39 is 35.1 Å². The van der Waals surface area contributed by atoms with E-state index in [9.17, 15) is 29.4 Å². The molecule has 4 N–H and O–H groups in total. The number of unbranched alkanes of at least 4 members (excludes halogenated alkanes) is 1. The summed E-state index contributed by atoms with van der Waals surface area (Å²) in [5.41, 5.74) is -1.34. The van der Waals surface area contributed by atoms with Gasteiger partial charge >= 0.3 is 23.9 Å². The molecule has 12 nitrogen and oxygen atoms in total. The Kier molecular flexibility index (Phi) is 18.7. The minimum absolute atomic E-state index is 0. The maximum Gasteiger partial charge on any atom is 0.347 e. The normalized spacial score (nSPS) is 24.4. The molecule has 14 heteroatoms. The molecular weight excluding hydrogens is 932 g/mol. The molecule has 70 heavy (non-hydrogen) atoms. The van der Waals surface area contributed by atoms with Crippen LogP contribution in [-0.2, 0) is 39.9 Å². The number of carbonyl (C=O) groups is 4. The molecule has 6 aliphatic rings. The lowest BCUT2D eigenvalue weighted by Crippen LogP contribution is -3.00. The highest BCUT2D eigenvalue weighted by Gasteiger charge is 2.58. The Hall–Kier alpha value is -4.82. The van der Waals surface area contributed by atoms with E-state index in [-0.39, 0.29) is 49.9 Å². The zero-order chi connectivity index (χ0) is 47.8. The third-order valence-corrected chi connectivity index (χ3v) is 16.4. The molecule has 0 aromatic heterocycles. The smallest absolute Gasteiger partial charge is 0.347 e. The summed E-state index contributed by atoms with van der Waals surface area (Å²) in [5, 5.41) is 39.5. The molecule has 4 aromatic rings. The van der Waals surface area contributed by atoms with Gasteiger partial charge < -0.3 is 63.7 Å². The number of hydrogen-bond acceptors (Lipinski definition) is 8. The Balaban J connectivity index is 0.000000189. The van der Waals surface area contributed by atoms with Gasteiger partial charge in [0.1, 0.15) is 12.2 Å². The highest BCUT2D eigenvalue weighted by molar-refractivity contribution is 5.86. The van der Waals surface area contributed by atoms with Crippen LogP contribution in [-0.4, -0.2) is 116 Å². The van der Waals surface area contributed by atoms with E-state index in [0.29, 0.717) is 59.3 Å². The van der Waals surface area contributed by atoms with Gasteiger partial charge in [-0.1, -0.05) is 121 Å². The van der Waals surface area contributed by atoms with Gasteiger partial charge in [-0.05, 0) is 35.1 Å². The number of esters is 2. The molecule has 2 unspecified atom stereocenters. The quantitative estimate of drug-likeness (QED) is 0.0888. The van der Waals surface area contributed by atoms with Crippen LogP contribution in [0.25, 0.3) is 0 Å². The van der Waals surface area contributed by atoms with Crippen molar-refractivity contribution >= 4 is 23.9 Å². The molecule has 0 radical (unpaired) electrons. The van der Waals surface area contributed by atoms with Gasteiger partial charge in [0.25, 0.3) is 0 Å². The van der Waals surface area contributed by atoms with E-state index >= 15 is 0 Å². The fourth-order valence-electron chi connectivity index (χ4n) is 13.2. The molecule has 0 saturated carbocycles. The van der Waals surface area contributed by atoms with Crippen LogP contribution in [0, 0.1) is 0 Å². The third kappa shape index (κ3) is 11.4. The number of benzene rings is 4. The molecule has 2 spiro atoms. The maximum atomic E-state index is 13.4. The van der Waals surface area contributed by atoms with Gasteiger partial charge in [0, 0.05) is 89.9 Å². The molecular formula is C56H70Cl2N2O10. The summed E-state index contributed by atoms with van der Waals surface area (Å²) in [7, 11) is 0. The lowest BCUT2D eigenvalue weighted by Gasteiger charge is -2.47. The van der Waals surface area contributed by atoms with Crippen LogP contribution in [0.3, 0.4) is 0 Å². The number of carboxylic acid groups (broad SMARTS) is 2. The van der Waals surface area contributed by atoms with Crippen LogP contribution in [0.1, 0.15) is 125 Å². The van der Waals surface area contributed by atoms with Crippen molar-refractivity contribution in [2.24, 2.45) is 0 Å². The van der Waals surface area contributed by atoms with Crippen LogP contribution in [0.15, 0.2) is 121 Å². The minimum atomic E-state index is -1.78. The van der Waals surface area contributed by atoms with Gasteiger partial charge in [0.15, 0.2) is 0 Å². The van der Waals surface area contributed by atoms with Gasteiger partial charge in [-0.15, -0.1) is 0 Å². The first-order valence-electron chi connectivity index (χ1n) is 25.1. The zero-order valence-corrected chi connectivity index (χ0v) is 41.6. The molecule has 6 saturated heterocycles. The maximum absolute atomic E-state index is 13.4. The summed E-state index contributed by atoms with van der Waals surface area (Å²) >= 11 is 0. The van der Waals surface area contributed by atoms with Crippen LogP contribution in [0.4, 0.5) is 0 Å². The van der Waals surface area contributed by atoms with Gasteiger partial charge in [0.2, 0.25) is 11.2 Å². The predicted octanol–water partition coefficient (Wildman–Crippen LogP) is 2.26. The van der Waals surface area contributed by atoms with Crippen LogP contribution in [0.5, 0.6) is 0 Å². The summed E-state index contributed by atoms with van der Waals surface area (Å²) in [6, 6.07) is 39.2. The average molecular weight is 1000 g/mol. The van der Waals surface area contributed by atoms with Crippen molar-refractivity contribution in [3.8, 4) is 0 Å². The largest absolute Gasteiger partial charge is 1.00 e. The predicted molar refractivity (Wildman–Crippen MR) is 256 cm³/mol.